The molecule has 28 heavy (non-hydrogen) atoms. The third-order valence-corrected chi connectivity index (χ3v) is 5.36. The number of amides is 1. The molecule has 0 aliphatic rings. The van der Waals surface area contributed by atoms with Gasteiger partial charge in [0, 0.05) is 27.8 Å². The summed E-state index contributed by atoms with van der Waals surface area (Å²) in [5.41, 5.74) is 2.91. The van der Waals surface area contributed by atoms with Crippen molar-refractivity contribution < 1.29 is 14.8 Å². The van der Waals surface area contributed by atoms with Crippen LogP contribution >= 0.6 is 11.3 Å². The van der Waals surface area contributed by atoms with Crippen LogP contribution in [0.1, 0.15) is 15.2 Å². The standard InChI is InChI=1S/C20H13N3O4S/c24-17-7-5-12-3-1-2-4-15(12)16(17)11-21-22-20(25)19-10-13-9-14(23(26)27)6-8-18(13)28-19/h1-11,24H,(H,22,25)/b21-11-. The molecule has 0 saturated carbocycles. The molecule has 0 unspecified atom stereocenters. The number of phenols is 1. The van der Waals surface area contributed by atoms with Gasteiger partial charge in [0.25, 0.3) is 11.6 Å². The molecule has 138 valence electrons. The number of hydrogen-bond donors (Lipinski definition) is 2. The molecule has 1 aromatic heterocycles. The van der Waals surface area contributed by atoms with Crippen molar-refractivity contribution in [3.05, 3.63) is 81.2 Å². The Hall–Kier alpha value is -3.78. The van der Waals surface area contributed by atoms with Gasteiger partial charge in [0.2, 0.25) is 0 Å². The molecule has 1 heterocycles. The van der Waals surface area contributed by atoms with E-state index in [1.165, 1.54) is 29.7 Å². The van der Waals surface area contributed by atoms with Crippen LogP contribution in [0.5, 0.6) is 5.75 Å². The summed E-state index contributed by atoms with van der Waals surface area (Å²) in [6.45, 7) is 0. The molecule has 0 bridgehead atoms. The second kappa shape index (κ2) is 7.09. The molecule has 0 atom stereocenters. The number of hydrogen-bond acceptors (Lipinski definition) is 6. The highest BCUT2D eigenvalue weighted by Gasteiger charge is 2.13. The summed E-state index contributed by atoms with van der Waals surface area (Å²) in [5.74, 6) is -0.370. The van der Waals surface area contributed by atoms with Gasteiger partial charge in [-0.3, -0.25) is 14.9 Å². The highest BCUT2D eigenvalue weighted by atomic mass is 32.1. The number of aromatic hydroxyl groups is 1. The van der Waals surface area contributed by atoms with E-state index in [9.17, 15) is 20.0 Å². The quantitative estimate of drug-likeness (QED) is 0.305. The lowest BCUT2D eigenvalue weighted by molar-refractivity contribution is -0.384. The van der Waals surface area contributed by atoms with E-state index in [0.29, 0.717) is 15.8 Å². The Bertz CT molecular complexity index is 1260. The zero-order valence-corrected chi connectivity index (χ0v) is 15.1. The lowest BCUT2D eigenvalue weighted by Gasteiger charge is -2.04. The number of carbonyl (C=O) groups excluding carboxylic acids is 1. The highest BCUT2D eigenvalue weighted by molar-refractivity contribution is 7.20. The van der Waals surface area contributed by atoms with E-state index in [0.717, 1.165) is 15.5 Å². The van der Waals surface area contributed by atoms with Crippen molar-refractivity contribution in [1.29, 1.82) is 0 Å². The number of nitro groups is 1. The molecule has 4 aromatic rings. The third-order valence-electron chi connectivity index (χ3n) is 4.24. The molecule has 4 rings (SSSR count). The molecule has 0 aliphatic carbocycles. The van der Waals surface area contributed by atoms with Crippen LogP contribution in [0.15, 0.2) is 65.8 Å². The molecule has 0 aliphatic heterocycles. The molecule has 2 N–H and O–H groups in total. The molecule has 0 fully saturated rings. The van der Waals surface area contributed by atoms with E-state index >= 15 is 0 Å². The predicted octanol–water partition coefficient (Wildman–Crippen LogP) is 4.43. The number of fused-ring (bicyclic) bond motifs is 2. The van der Waals surface area contributed by atoms with Gasteiger partial charge in [-0.2, -0.15) is 5.10 Å². The van der Waals surface area contributed by atoms with Gasteiger partial charge < -0.3 is 5.11 Å². The number of hydrazone groups is 1. The number of phenolic OH excluding ortho intramolecular Hbond substituents is 1. The maximum absolute atomic E-state index is 12.4. The molecule has 8 heteroatoms. The number of non-ortho nitro benzene ring substituents is 1. The largest absolute Gasteiger partial charge is 0.507 e. The highest BCUT2D eigenvalue weighted by Crippen LogP contribution is 2.29. The van der Waals surface area contributed by atoms with E-state index in [2.05, 4.69) is 10.5 Å². The molecule has 1 amide bonds. The SMILES string of the molecule is O=C(N/N=C\c1c(O)ccc2ccccc12)c1cc2cc([N+](=O)[O-])ccc2s1. The van der Waals surface area contributed by atoms with Gasteiger partial charge in [-0.05, 0) is 29.0 Å². The van der Waals surface area contributed by atoms with Crippen molar-refractivity contribution in [3.8, 4) is 5.75 Å². The van der Waals surface area contributed by atoms with Crippen molar-refractivity contribution in [2.24, 2.45) is 5.10 Å². The molecular weight excluding hydrogens is 378 g/mol. The van der Waals surface area contributed by atoms with Crippen LogP contribution in [0.2, 0.25) is 0 Å². The first-order valence-corrected chi connectivity index (χ1v) is 9.07. The maximum Gasteiger partial charge on any atom is 0.281 e. The minimum Gasteiger partial charge on any atom is -0.507 e. The van der Waals surface area contributed by atoms with Crippen LogP contribution in [-0.2, 0) is 0 Å². The summed E-state index contributed by atoms with van der Waals surface area (Å²) in [5, 5.41) is 27.3. The monoisotopic (exact) mass is 391 g/mol. The number of nitrogens with zero attached hydrogens (tertiary/aromatic N) is 2. The lowest BCUT2D eigenvalue weighted by Crippen LogP contribution is -2.16. The number of carbonyl (C=O) groups is 1. The summed E-state index contributed by atoms with van der Waals surface area (Å²) >= 11 is 1.22. The third kappa shape index (κ3) is 3.28. The molecule has 0 saturated heterocycles. The minimum absolute atomic E-state index is 0.0262. The van der Waals surface area contributed by atoms with Crippen molar-refractivity contribution >= 4 is 50.0 Å². The summed E-state index contributed by atoms with van der Waals surface area (Å²) in [7, 11) is 0. The molecule has 3 aromatic carbocycles. The van der Waals surface area contributed by atoms with Gasteiger partial charge >= 0.3 is 0 Å². The van der Waals surface area contributed by atoms with Crippen LogP contribution in [0.4, 0.5) is 5.69 Å². The number of nitro benzene ring substituents is 1. The summed E-state index contributed by atoms with van der Waals surface area (Å²) in [4.78, 5) is 23.1. The van der Waals surface area contributed by atoms with E-state index in [1.807, 2.05) is 24.3 Å². The van der Waals surface area contributed by atoms with Crippen LogP contribution in [0.25, 0.3) is 20.9 Å². The average Bonchev–Trinajstić information content (AvgIpc) is 3.13. The summed E-state index contributed by atoms with van der Waals surface area (Å²) in [6, 6.07) is 16.9. The molecular formula is C20H13N3O4S. The Labute approximate surface area is 162 Å². The predicted molar refractivity (Wildman–Crippen MR) is 109 cm³/mol. The molecule has 0 spiro atoms. The Kier molecular flexibility index (Phi) is 4.46. The van der Waals surface area contributed by atoms with E-state index in [1.54, 1.807) is 24.3 Å². The lowest BCUT2D eigenvalue weighted by atomic mass is 10.0. The van der Waals surface area contributed by atoms with E-state index in [-0.39, 0.29) is 11.4 Å². The number of benzene rings is 3. The zero-order valence-electron chi connectivity index (χ0n) is 14.3. The van der Waals surface area contributed by atoms with E-state index in [4.69, 9.17) is 0 Å². The fourth-order valence-electron chi connectivity index (χ4n) is 2.89. The van der Waals surface area contributed by atoms with Crippen LogP contribution in [-0.4, -0.2) is 22.2 Å². The maximum atomic E-state index is 12.4. The fourth-order valence-corrected chi connectivity index (χ4v) is 3.82. The number of rotatable bonds is 4. The van der Waals surface area contributed by atoms with Crippen molar-refractivity contribution in [2.75, 3.05) is 0 Å². The fraction of sp³-hybridized carbons (Fsp3) is 0. The Balaban J connectivity index is 1.57. The van der Waals surface area contributed by atoms with Gasteiger partial charge in [0.1, 0.15) is 5.75 Å². The molecule has 0 radical (unpaired) electrons. The van der Waals surface area contributed by atoms with Gasteiger partial charge in [-0.1, -0.05) is 30.3 Å². The Morgan fingerprint density at radius 1 is 1.11 bits per heavy atom. The minimum atomic E-state index is -0.474. The van der Waals surface area contributed by atoms with Gasteiger partial charge in [0.15, 0.2) is 0 Å². The van der Waals surface area contributed by atoms with Gasteiger partial charge in [-0.15, -0.1) is 11.3 Å². The topological polar surface area (TPSA) is 105 Å². The smallest absolute Gasteiger partial charge is 0.281 e. The first-order valence-electron chi connectivity index (χ1n) is 8.25. The average molecular weight is 391 g/mol. The van der Waals surface area contributed by atoms with Crippen LogP contribution in [0, 0.1) is 10.1 Å². The Morgan fingerprint density at radius 3 is 2.75 bits per heavy atom. The van der Waals surface area contributed by atoms with Crippen molar-refractivity contribution in [2.45, 2.75) is 0 Å². The first kappa shape index (κ1) is 17.6. The normalized spacial score (nSPS) is 11.3. The van der Waals surface area contributed by atoms with Gasteiger partial charge in [-0.25, -0.2) is 5.43 Å². The summed E-state index contributed by atoms with van der Waals surface area (Å²) < 4.78 is 0.770. The van der Waals surface area contributed by atoms with E-state index < -0.39 is 10.8 Å². The van der Waals surface area contributed by atoms with Crippen LogP contribution in [0.3, 0.4) is 0 Å². The second-order valence-corrected chi connectivity index (χ2v) is 7.09. The van der Waals surface area contributed by atoms with Crippen molar-refractivity contribution in [3.63, 3.8) is 0 Å². The van der Waals surface area contributed by atoms with Gasteiger partial charge in [0.05, 0.1) is 16.0 Å². The molecule has 7 nitrogen and oxygen atoms in total. The number of thiophene rings is 1. The second-order valence-electron chi connectivity index (χ2n) is 6.01. The van der Waals surface area contributed by atoms with Crippen molar-refractivity contribution in [1.82, 2.24) is 5.43 Å². The Morgan fingerprint density at radius 2 is 1.93 bits per heavy atom. The number of nitrogens with one attached hydrogen (secondary N) is 1. The summed E-state index contributed by atoms with van der Waals surface area (Å²) in [6.07, 6.45) is 1.40. The first-order chi connectivity index (χ1) is 13.5. The zero-order chi connectivity index (χ0) is 19.7. The van der Waals surface area contributed by atoms with Crippen LogP contribution < -0.4 is 5.43 Å².